The lowest BCUT2D eigenvalue weighted by Gasteiger charge is -2.35. The lowest BCUT2D eigenvalue weighted by atomic mass is 9.94. The van der Waals surface area contributed by atoms with E-state index in [1.807, 2.05) is 12.1 Å². The summed E-state index contributed by atoms with van der Waals surface area (Å²) in [4.78, 5) is 11.5. The van der Waals surface area contributed by atoms with E-state index in [9.17, 15) is 17.6 Å². The molecule has 0 spiro atoms. The molecule has 1 aliphatic rings. The summed E-state index contributed by atoms with van der Waals surface area (Å²) in [5.74, 6) is -0.658. The number of aryl methyl sites for hydroxylation is 1. The number of hydrogen-bond donors (Lipinski definition) is 1. The van der Waals surface area contributed by atoms with Gasteiger partial charge in [0.25, 0.3) is 0 Å². The first-order valence-electron chi connectivity index (χ1n) is 9.80. The minimum atomic E-state index is -4.12. The van der Waals surface area contributed by atoms with Crippen LogP contribution in [0.1, 0.15) is 22.9 Å². The van der Waals surface area contributed by atoms with Crippen molar-refractivity contribution in [1.82, 2.24) is 4.31 Å². The average molecular weight is 475 g/mol. The van der Waals surface area contributed by atoms with Crippen molar-refractivity contribution >= 4 is 27.7 Å². The van der Waals surface area contributed by atoms with Crippen LogP contribution in [0.5, 0.6) is 0 Å². The van der Waals surface area contributed by atoms with Crippen molar-refractivity contribution in [3.63, 3.8) is 0 Å². The molecule has 0 saturated carbocycles. The number of nitrogens with two attached hydrogens (primary N) is 1. The zero-order valence-corrected chi connectivity index (χ0v) is 18.7. The van der Waals surface area contributed by atoms with Crippen molar-refractivity contribution in [3.8, 4) is 11.1 Å². The SMILES string of the molecule is Cc1ccc(F)c2c1CCN(S(=O)(=O)c1ccc(-c3ccc(Cl)cc3)cc1)C2OC(N)=O. The van der Waals surface area contributed by atoms with Gasteiger partial charge in [-0.1, -0.05) is 41.9 Å². The Morgan fingerprint density at radius 2 is 1.66 bits per heavy atom. The normalized spacial score (nSPS) is 16.4. The first-order valence-corrected chi connectivity index (χ1v) is 11.6. The predicted octanol–water partition coefficient (Wildman–Crippen LogP) is 4.80. The summed E-state index contributed by atoms with van der Waals surface area (Å²) in [7, 11) is -4.12. The summed E-state index contributed by atoms with van der Waals surface area (Å²) in [5, 5.41) is 0.598. The Hall–Kier alpha value is -2.94. The van der Waals surface area contributed by atoms with Gasteiger partial charge in [0.15, 0.2) is 6.23 Å². The summed E-state index contributed by atoms with van der Waals surface area (Å²) in [5.41, 5.74) is 8.27. The average Bonchev–Trinajstić information content (AvgIpc) is 2.76. The number of carbonyl (C=O) groups excluding carboxylic acids is 1. The molecule has 0 bridgehead atoms. The van der Waals surface area contributed by atoms with Gasteiger partial charge in [0.2, 0.25) is 10.0 Å². The lowest BCUT2D eigenvalue weighted by Crippen LogP contribution is -2.43. The van der Waals surface area contributed by atoms with E-state index in [1.165, 1.54) is 18.2 Å². The Bertz CT molecular complexity index is 1280. The fraction of sp³-hybridized carbons (Fsp3) is 0.174. The van der Waals surface area contributed by atoms with E-state index in [-0.39, 0.29) is 23.4 Å². The van der Waals surface area contributed by atoms with Gasteiger partial charge < -0.3 is 10.5 Å². The highest BCUT2D eigenvalue weighted by molar-refractivity contribution is 7.89. The van der Waals surface area contributed by atoms with Crippen molar-refractivity contribution in [2.75, 3.05) is 6.54 Å². The summed E-state index contributed by atoms with van der Waals surface area (Å²) in [6.45, 7) is 1.80. The second-order valence-electron chi connectivity index (χ2n) is 7.44. The number of ether oxygens (including phenoxy) is 1. The molecule has 2 N–H and O–H groups in total. The number of halogens is 2. The summed E-state index contributed by atoms with van der Waals surface area (Å²) >= 11 is 5.92. The number of sulfonamides is 1. The maximum atomic E-state index is 14.7. The molecule has 0 aromatic heterocycles. The molecule has 166 valence electrons. The van der Waals surface area contributed by atoms with Crippen molar-refractivity contribution in [2.24, 2.45) is 5.73 Å². The topological polar surface area (TPSA) is 89.7 Å². The summed E-state index contributed by atoms with van der Waals surface area (Å²) < 4.78 is 47.7. The molecule has 0 aliphatic carbocycles. The summed E-state index contributed by atoms with van der Waals surface area (Å²) in [6, 6.07) is 16.2. The molecule has 1 heterocycles. The second-order valence-corrected chi connectivity index (χ2v) is 9.77. The molecule has 3 aromatic carbocycles. The molecule has 6 nitrogen and oxygen atoms in total. The van der Waals surface area contributed by atoms with Crippen LogP contribution in [-0.2, 0) is 21.2 Å². The highest BCUT2D eigenvalue weighted by Gasteiger charge is 2.40. The second kappa shape index (κ2) is 8.54. The first kappa shape index (κ1) is 22.3. The van der Waals surface area contributed by atoms with E-state index in [2.05, 4.69) is 0 Å². The smallest absolute Gasteiger partial charge is 0.406 e. The van der Waals surface area contributed by atoms with Crippen LogP contribution in [0.25, 0.3) is 11.1 Å². The first-order chi connectivity index (χ1) is 15.2. The predicted molar refractivity (Wildman–Crippen MR) is 119 cm³/mol. The Morgan fingerprint density at radius 1 is 1.06 bits per heavy atom. The van der Waals surface area contributed by atoms with Crippen molar-refractivity contribution in [3.05, 3.63) is 88.2 Å². The minimum Gasteiger partial charge on any atom is -0.425 e. The lowest BCUT2D eigenvalue weighted by molar-refractivity contribution is 0.0268. The molecule has 0 fully saturated rings. The van der Waals surface area contributed by atoms with E-state index in [4.69, 9.17) is 22.1 Å². The Balaban J connectivity index is 1.73. The van der Waals surface area contributed by atoms with Gasteiger partial charge >= 0.3 is 6.09 Å². The van der Waals surface area contributed by atoms with Crippen LogP contribution in [0.4, 0.5) is 9.18 Å². The minimum absolute atomic E-state index is 0.00945. The van der Waals surface area contributed by atoms with Gasteiger partial charge in [-0.2, -0.15) is 4.31 Å². The monoisotopic (exact) mass is 474 g/mol. The highest BCUT2D eigenvalue weighted by atomic mass is 35.5. The van der Waals surface area contributed by atoms with Gasteiger partial charge in [-0.15, -0.1) is 0 Å². The molecule has 9 heteroatoms. The molecule has 1 atom stereocenters. The van der Waals surface area contributed by atoms with E-state index < -0.39 is 28.2 Å². The maximum absolute atomic E-state index is 14.7. The Morgan fingerprint density at radius 3 is 2.25 bits per heavy atom. The fourth-order valence-electron chi connectivity index (χ4n) is 3.90. The fourth-order valence-corrected chi connectivity index (χ4v) is 5.51. The van der Waals surface area contributed by atoms with Gasteiger partial charge in [-0.3, -0.25) is 0 Å². The third-order valence-electron chi connectivity index (χ3n) is 5.50. The van der Waals surface area contributed by atoms with Crippen molar-refractivity contribution < 1.29 is 22.3 Å². The van der Waals surface area contributed by atoms with Crippen LogP contribution in [0.3, 0.4) is 0 Å². The number of hydrogen-bond acceptors (Lipinski definition) is 4. The molecule has 0 saturated heterocycles. The van der Waals surface area contributed by atoms with Crippen LogP contribution in [0.2, 0.25) is 5.02 Å². The van der Waals surface area contributed by atoms with Crippen LogP contribution in [-0.4, -0.2) is 25.4 Å². The van der Waals surface area contributed by atoms with Crippen LogP contribution >= 0.6 is 11.6 Å². The highest BCUT2D eigenvalue weighted by Crippen LogP contribution is 2.38. The number of fused-ring (bicyclic) bond motifs is 1. The van der Waals surface area contributed by atoms with Gasteiger partial charge in [0, 0.05) is 17.1 Å². The number of nitrogens with zero attached hydrogens (tertiary/aromatic N) is 1. The third kappa shape index (κ3) is 4.09. The molecule has 1 amide bonds. The van der Waals surface area contributed by atoms with Crippen LogP contribution in [0.15, 0.2) is 65.6 Å². The number of carbonyl (C=O) groups is 1. The molecule has 32 heavy (non-hydrogen) atoms. The van der Waals surface area contributed by atoms with E-state index in [1.54, 1.807) is 37.3 Å². The van der Waals surface area contributed by atoms with Crippen LogP contribution < -0.4 is 5.73 Å². The number of primary amides is 1. The molecule has 3 aromatic rings. The molecule has 4 rings (SSSR count). The molecular weight excluding hydrogens is 455 g/mol. The Kier molecular flexibility index (Phi) is 5.94. The number of benzene rings is 3. The van der Waals surface area contributed by atoms with E-state index in [0.29, 0.717) is 10.6 Å². The Labute approximate surface area is 190 Å². The maximum Gasteiger partial charge on any atom is 0.406 e. The molecule has 0 radical (unpaired) electrons. The van der Waals surface area contributed by atoms with E-state index >= 15 is 0 Å². The van der Waals surface area contributed by atoms with Crippen LogP contribution in [0, 0.1) is 12.7 Å². The van der Waals surface area contributed by atoms with Crippen molar-refractivity contribution in [2.45, 2.75) is 24.5 Å². The molecule has 1 aliphatic heterocycles. The number of rotatable bonds is 4. The molecular formula is C23H20ClFN2O4S. The van der Waals surface area contributed by atoms with Gasteiger partial charge in [0.1, 0.15) is 5.82 Å². The van der Waals surface area contributed by atoms with E-state index in [0.717, 1.165) is 21.0 Å². The van der Waals surface area contributed by atoms with Gasteiger partial charge in [-0.05, 0) is 65.9 Å². The summed E-state index contributed by atoms with van der Waals surface area (Å²) in [6.07, 6.45) is -2.40. The van der Waals surface area contributed by atoms with Crippen molar-refractivity contribution in [1.29, 1.82) is 0 Å². The standard InChI is InChI=1S/C23H20ClFN2O4S/c1-14-2-11-20(25)21-19(14)12-13-27(22(21)31-23(26)28)32(29,30)18-9-5-16(6-10-18)15-3-7-17(24)8-4-15/h2-11,22H,12-13H2,1H3,(H2,26,28). The quantitative estimate of drug-likeness (QED) is 0.588. The zero-order chi connectivity index (χ0) is 23.0. The third-order valence-corrected chi connectivity index (χ3v) is 7.61. The molecule has 1 unspecified atom stereocenters. The van der Waals surface area contributed by atoms with Gasteiger partial charge in [-0.25, -0.2) is 17.6 Å². The zero-order valence-electron chi connectivity index (χ0n) is 17.1. The largest absolute Gasteiger partial charge is 0.425 e. The number of amides is 1. The van der Waals surface area contributed by atoms with Gasteiger partial charge in [0.05, 0.1) is 4.90 Å².